The second-order valence-electron chi connectivity index (χ2n) is 5.81. The third-order valence-corrected chi connectivity index (χ3v) is 7.49. The van der Waals surface area contributed by atoms with Crippen molar-refractivity contribution in [2.24, 2.45) is 15.8 Å². The van der Waals surface area contributed by atoms with E-state index in [1.54, 1.807) is 0 Å². The zero-order chi connectivity index (χ0) is 11.9. The molecule has 0 saturated carbocycles. The molecule has 0 aliphatic heterocycles. The molecule has 1 nitrogen and oxygen atoms in total. The molecule has 0 rings (SSSR count). The quantitative estimate of drug-likeness (QED) is 0.464. The van der Waals surface area contributed by atoms with E-state index in [-0.39, 0.29) is 0 Å². The van der Waals surface area contributed by atoms with Gasteiger partial charge in [-0.05, 0) is 13.1 Å². The summed E-state index contributed by atoms with van der Waals surface area (Å²) in [6, 6.07) is 0. The van der Waals surface area contributed by atoms with E-state index in [4.69, 9.17) is 3.98 Å². The van der Waals surface area contributed by atoms with Gasteiger partial charge < -0.3 is 3.98 Å². The summed E-state index contributed by atoms with van der Waals surface area (Å²) < 4.78 is 4.88. The summed E-state index contributed by atoms with van der Waals surface area (Å²) in [5.74, 6) is 4.00. The van der Waals surface area contributed by atoms with Gasteiger partial charge in [-0.2, -0.15) is 16.4 Å². The van der Waals surface area contributed by atoms with Crippen LogP contribution in [0.25, 0.3) is 0 Å². The summed E-state index contributed by atoms with van der Waals surface area (Å²) in [7, 11) is 0. The number of hydrogen-bond donors (Lipinski definition) is 0. The molecule has 0 radical (unpaired) electrons. The summed E-state index contributed by atoms with van der Waals surface area (Å²) in [5, 5.41) is 2.67. The molecule has 0 amide bonds. The van der Waals surface area contributed by atoms with Crippen molar-refractivity contribution in [1.29, 1.82) is 0 Å². The first kappa shape index (κ1) is 14.9. The SMILES string of the molecule is C/C=C/C=[N]/[Al-]([CH3])([CH2]C(C)C)[CH2]C(C)C. The maximum absolute atomic E-state index is 4.88. The highest BCUT2D eigenvalue weighted by molar-refractivity contribution is 6.77. The maximum Gasteiger partial charge on any atom is 0.273 e. The summed E-state index contributed by atoms with van der Waals surface area (Å²) in [6.45, 7) is 11.3. The third-order valence-electron chi connectivity index (χ3n) is 2.68. The predicted octanol–water partition coefficient (Wildman–Crippen LogP) is 4.52. The first-order valence-corrected chi connectivity index (χ1v) is 9.58. The normalized spacial score (nSPS) is 13.9. The van der Waals surface area contributed by atoms with Crippen molar-refractivity contribution in [3.05, 3.63) is 12.2 Å². The van der Waals surface area contributed by atoms with E-state index in [0.717, 1.165) is 11.8 Å². The van der Waals surface area contributed by atoms with Crippen LogP contribution < -0.4 is 0 Å². The van der Waals surface area contributed by atoms with Gasteiger partial charge in [0.2, 0.25) is 0 Å². The minimum Gasteiger partial charge on any atom is -0.558 e. The largest absolute Gasteiger partial charge is 0.558 e. The first-order valence-electron chi connectivity index (χ1n) is 6.28. The average molecular weight is 224 g/mol. The Morgan fingerprint density at radius 1 is 1.07 bits per heavy atom. The van der Waals surface area contributed by atoms with Gasteiger partial charge in [0, 0.05) is 0 Å². The van der Waals surface area contributed by atoms with Crippen molar-refractivity contribution in [2.45, 2.75) is 51.0 Å². The molecule has 0 saturated heterocycles. The molecule has 0 fully saturated rings. The lowest BCUT2D eigenvalue weighted by atomic mass is 10.3. The standard InChI is InChI=1S/C4H6N.2C4H9.CH3.Al/c1-2-3-4-5;2*1-4(2)3;;/h2-4H,1H3;2*4H,1H2,2-3H3;1H3;/q-1;;;;/b3-2+;;;;. The van der Waals surface area contributed by atoms with Gasteiger partial charge in [-0.3, -0.25) is 0 Å². The van der Waals surface area contributed by atoms with Gasteiger partial charge in [0.25, 0.3) is 13.3 Å². The second kappa shape index (κ2) is 7.25. The van der Waals surface area contributed by atoms with Crippen LogP contribution in [0.15, 0.2) is 16.1 Å². The van der Waals surface area contributed by atoms with Crippen molar-refractivity contribution in [2.75, 3.05) is 0 Å². The Morgan fingerprint density at radius 2 is 1.53 bits per heavy atom. The molecule has 0 spiro atoms. The summed E-state index contributed by atoms with van der Waals surface area (Å²) in [5.41, 5.74) is 0. The smallest absolute Gasteiger partial charge is 0.273 e. The van der Waals surface area contributed by atoms with Gasteiger partial charge in [-0.15, -0.1) is 0 Å². The highest BCUT2D eigenvalue weighted by Crippen LogP contribution is 2.26. The topological polar surface area (TPSA) is 12.4 Å². The van der Waals surface area contributed by atoms with E-state index in [2.05, 4.69) is 39.6 Å². The average Bonchev–Trinajstić information content (AvgIpc) is 2.00. The monoisotopic (exact) mass is 224 g/mol. The minimum absolute atomic E-state index is 0.779. The van der Waals surface area contributed by atoms with Gasteiger partial charge in [-0.25, -0.2) is 0 Å². The molecule has 0 aromatic carbocycles. The fourth-order valence-corrected chi connectivity index (χ4v) is 7.61. The molecule has 0 atom stereocenters. The highest BCUT2D eigenvalue weighted by atomic mass is 27.3. The molecule has 0 heterocycles. The van der Waals surface area contributed by atoms with Crippen LogP contribution >= 0.6 is 0 Å². The number of allylic oxidation sites excluding steroid dienone is 2. The van der Waals surface area contributed by atoms with E-state index >= 15 is 0 Å². The minimum atomic E-state index is -1.70. The molecule has 0 aliphatic carbocycles. The molecule has 0 aromatic rings. The molecule has 88 valence electrons. The van der Waals surface area contributed by atoms with Crippen molar-refractivity contribution < 1.29 is 0 Å². The first-order chi connectivity index (χ1) is 6.89. The lowest BCUT2D eigenvalue weighted by molar-refractivity contribution is 0.678. The van der Waals surface area contributed by atoms with Crippen LogP contribution in [0.3, 0.4) is 0 Å². The van der Waals surface area contributed by atoms with Gasteiger partial charge in [-0.1, -0.05) is 51.7 Å². The molecular formula is C13H27AlN-. The Balaban J connectivity index is 4.53. The molecule has 0 bridgehead atoms. The zero-order valence-corrected chi connectivity index (χ0v) is 12.5. The Bertz CT molecular complexity index is 207. The van der Waals surface area contributed by atoms with E-state index < -0.39 is 13.3 Å². The fourth-order valence-electron chi connectivity index (χ4n) is 2.59. The van der Waals surface area contributed by atoms with Crippen molar-refractivity contribution in [3.8, 4) is 0 Å². The van der Waals surface area contributed by atoms with Gasteiger partial charge in [0.15, 0.2) is 0 Å². The van der Waals surface area contributed by atoms with Crippen LogP contribution in [0.5, 0.6) is 0 Å². The molecule has 2 heteroatoms. The van der Waals surface area contributed by atoms with Crippen LogP contribution in [0.2, 0.25) is 16.4 Å². The van der Waals surface area contributed by atoms with Gasteiger partial charge in [0.1, 0.15) is 0 Å². The predicted molar refractivity (Wildman–Crippen MR) is 74.2 cm³/mol. The summed E-state index contributed by atoms with van der Waals surface area (Å²) in [6.07, 6.45) is 6.13. The van der Waals surface area contributed by atoms with E-state index in [0.29, 0.717) is 0 Å². The van der Waals surface area contributed by atoms with Gasteiger partial charge in [0.05, 0.1) is 0 Å². The lowest BCUT2D eigenvalue weighted by Crippen LogP contribution is -2.31. The highest BCUT2D eigenvalue weighted by Gasteiger charge is 2.25. The second-order valence-corrected chi connectivity index (χ2v) is 10.5. The third kappa shape index (κ3) is 7.82. The Morgan fingerprint density at radius 3 is 1.87 bits per heavy atom. The zero-order valence-electron chi connectivity index (χ0n) is 11.3. The van der Waals surface area contributed by atoms with E-state index in [1.165, 1.54) is 10.6 Å². The number of hydrogen-bond acceptors (Lipinski definition) is 1. The maximum atomic E-state index is 4.88. The number of rotatable bonds is 6. The summed E-state index contributed by atoms with van der Waals surface area (Å²) >= 11 is -1.70. The molecule has 0 aromatic heterocycles. The fraction of sp³-hybridized carbons (Fsp3) is 0.769. The van der Waals surface area contributed by atoms with Crippen LogP contribution in [-0.2, 0) is 0 Å². The van der Waals surface area contributed by atoms with Gasteiger partial charge >= 0.3 is 0 Å². The van der Waals surface area contributed by atoms with Crippen molar-refractivity contribution >= 4 is 19.5 Å². The molecule has 0 N–H and O–H groups in total. The van der Waals surface area contributed by atoms with Crippen molar-refractivity contribution in [1.82, 2.24) is 0 Å². The Labute approximate surface area is 98.6 Å². The van der Waals surface area contributed by atoms with E-state index in [9.17, 15) is 0 Å². The molecule has 0 aliphatic rings. The van der Waals surface area contributed by atoms with Crippen LogP contribution in [0.4, 0.5) is 0 Å². The van der Waals surface area contributed by atoms with Crippen LogP contribution in [0, 0.1) is 11.8 Å². The number of nitrogens with zero attached hydrogens (tertiary/aromatic N) is 1. The van der Waals surface area contributed by atoms with E-state index in [1.807, 2.05) is 19.2 Å². The summed E-state index contributed by atoms with van der Waals surface area (Å²) in [4.78, 5) is 0. The Kier molecular flexibility index (Phi) is 7.23. The Hall–Kier alpha value is -0.0575. The van der Waals surface area contributed by atoms with Crippen LogP contribution in [-0.4, -0.2) is 19.5 Å². The van der Waals surface area contributed by atoms with Crippen LogP contribution in [0.1, 0.15) is 34.6 Å². The molecular weight excluding hydrogens is 197 g/mol. The lowest BCUT2D eigenvalue weighted by Gasteiger charge is -2.31. The molecule has 0 unspecified atom stereocenters. The van der Waals surface area contributed by atoms with Crippen molar-refractivity contribution in [3.63, 3.8) is 0 Å². The molecule has 15 heavy (non-hydrogen) atoms.